The molecule has 43 heavy (non-hydrogen) atoms. The second-order valence-electron chi connectivity index (χ2n) is 9.07. The molecule has 0 saturated carbocycles. The van der Waals surface area contributed by atoms with Gasteiger partial charge in [-0.15, -0.1) is 5.10 Å². The number of nitrogens with zero attached hydrogens (tertiary/aromatic N) is 3. The van der Waals surface area contributed by atoms with Crippen LogP contribution in [0.4, 0.5) is 22.0 Å². The lowest BCUT2D eigenvalue weighted by Gasteiger charge is -2.14. The molecule has 0 unspecified atom stereocenters. The molecular formula is C29H26F5N5O4. The number of halogens is 5. The Morgan fingerprint density at radius 1 is 0.884 bits per heavy atom. The van der Waals surface area contributed by atoms with Crippen LogP contribution >= 0.6 is 0 Å². The fourth-order valence-corrected chi connectivity index (χ4v) is 3.87. The zero-order valence-electron chi connectivity index (χ0n) is 22.5. The van der Waals surface area contributed by atoms with E-state index in [4.69, 9.17) is 9.47 Å². The number of alkyl halides is 4. The molecule has 9 nitrogen and oxygen atoms in total. The van der Waals surface area contributed by atoms with Crippen LogP contribution in [0.3, 0.4) is 0 Å². The Hall–Kier alpha value is -4.85. The molecule has 2 amide bonds. The van der Waals surface area contributed by atoms with Crippen LogP contribution < -0.4 is 15.4 Å². The molecule has 4 rings (SSSR count). The Morgan fingerprint density at radius 3 is 2.42 bits per heavy atom. The first-order valence-corrected chi connectivity index (χ1v) is 12.9. The van der Waals surface area contributed by atoms with Crippen molar-refractivity contribution in [3.63, 3.8) is 0 Å². The van der Waals surface area contributed by atoms with Gasteiger partial charge in [-0.25, -0.2) is 13.5 Å². The minimum Gasteiger partial charge on any atom is -0.489 e. The number of ether oxygens (including phenoxy) is 2. The van der Waals surface area contributed by atoms with Gasteiger partial charge >= 0.3 is 6.18 Å². The van der Waals surface area contributed by atoms with Gasteiger partial charge in [0.1, 0.15) is 37.1 Å². The van der Waals surface area contributed by atoms with Crippen molar-refractivity contribution in [2.75, 3.05) is 33.0 Å². The third-order valence-corrected chi connectivity index (χ3v) is 5.91. The molecule has 226 valence electrons. The SMILES string of the molecule is O=C(NCC(F)(F)F)c1ccc(-n2cc(C(=O)NCc3cccc(-c4ccc(F)cc4)c3)nn2)c(OCCOCCF)c1. The van der Waals surface area contributed by atoms with E-state index in [0.717, 1.165) is 16.7 Å². The van der Waals surface area contributed by atoms with Crippen LogP contribution in [0.2, 0.25) is 0 Å². The second-order valence-corrected chi connectivity index (χ2v) is 9.07. The van der Waals surface area contributed by atoms with Gasteiger partial charge in [0.05, 0.1) is 19.4 Å². The zero-order valence-corrected chi connectivity index (χ0v) is 22.5. The van der Waals surface area contributed by atoms with Crippen molar-refractivity contribution >= 4 is 11.8 Å². The standard InChI is InChI=1S/C29H26F5N5O4/c30-10-11-42-12-13-43-26-15-22(27(40)36-18-29(32,33)34)6-9-25(26)39-17-24(37-38-39)28(41)35-16-19-2-1-3-21(14-19)20-4-7-23(31)8-5-20/h1-9,14-15,17H,10-13,16,18H2,(H,35,41)(H,36,40). The maximum Gasteiger partial charge on any atom is 0.405 e. The highest BCUT2D eigenvalue weighted by Crippen LogP contribution is 2.25. The molecule has 0 aliphatic rings. The molecule has 0 bridgehead atoms. The summed E-state index contributed by atoms with van der Waals surface area (Å²) >= 11 is 0. The van der Waals surface area contributed by atoms with Crippen LogP contribution in [0, 0.1) is 5.82 Å². The molecule has 0 fully saturated rings. The lowest BCUT2D eigenvalue weighted by molar-refractivity contribution is -0.123. The van der Waals surface area contributed by atoms with Crippen LogP contribution in [0.5, 0.6) is 5.75 Å². The van der Waals surface area contributed by atoms with Gasteiger partial charge in [0.25, 0.3) is 11.8 Å². The van der Waals surface area contributed by atoms with Crippen molar-refractivity contribution < 1.29 is 41.0 Å². The van der Waals surface area contributed by atoms with Crippen molar-refractivity contribution in [1.82, 2.24) is 25.6 Å². The van der Waals surface area contributed by atoms with Crippen LogP contribution in [0.25, 0.3) is 16.8 Å². The first-order chi connectivity index (χ1) is 20.6. The molecule has 1 aromatic heterocycles. The quantitative estimate of drug-likeness (QED) is 0.170. The molecule has 0 spiro atoms. The molecule has 0 saturated heterocycles. The van der Waals surface area contributed by atoms with Crippen molar-refractivity contribution in [2.45, 2.75) is 12.7 Å². The predicted molar refractivity (Wildman–Crippen MR) is 145 cm³/mol. The smallest absolute Gasteiger partial charge is 0.405 e. The lowest BCUT2D eigenvalue weighted by Crippen LogP contribution is -2.33. The highest BCUT2D eigenvalue weighted by atomic mass is 19.4. The van der Waals surface area contributed by atoms with Gasteiger partial charge in [-0.05, 0) is 53.1 Å². The molecule has 3 aromatic carbocycles. The Labute approximate surface area is 242 Å². The van der Waals surface area contributed by atoms with Crippen molar-refractivity contribution in [3.8, 4) is 22.6 Å². The predicted octanol–water partition coefficient (Wildman–Crippen LogP) is 4.66. The lowest BCUT2D eigenvalue weighted by atomic mass is 10.0. The summed E-state index contributed by atoms with van der Waals surface area (Å²) in [4.78, 5) is 25.1. The van der Waals surface area contributed by atoms with E-state index in [9.17, 15) is 31.5 Å². The third-order valence-electron chi connectivity index (χ3n) is 5.91. The highest BCUT2D eigenvalue weighted by molar-refractivity contribution is 5.95. The summed E-state index contributed by atoms with van der Waals surface area (Å²) in [5.41, 5.74) is 2.51. The normalized spacial score (nSPS) is 11.3. The average Bonchev–Trinajstić information content (AvgIpc) is 3.49. The number of carbonyl (C=O) groups is 2. The Balaban J connectivity index is 1.46. The fraction of sp³-hybridized carbons (Fsp3) is 0.241. The van der Waals surface area contributed by atoms with Gasteiger partial charge in [0.2, 0.25) is 0 Å². The van der Waals surface area contributed by atoms with E-state index in [1.165, 1.54) is 41.2 Å². The molecule has 4 aromatic rings. The zero-order chi connectivity index (χ0) is 30.8. The monoisotopic (exact) mass is 603 g/mol. The van der Waals surface area contributed by atoms with Gasteiger partial charge in [-0.1, -0.05) is 35.5 Å². The minimum absolute atomic E-state index is 0.00122. The van der Waals surface area contributed by atoms with E-state index in [2.05, 4.69) is 15.6 Å². The molecule has 14 heteroatoms. The molecule has 0 radical (unpaired) electrons. The van der Waals surface area contributed by atoms with Gasteiger partial charge in [-0.2, -0.15) is 13.2 Å². The van der Waals surface area contributed by atoms with Gasteiger partial charge in [0, 0.05) is 12.1 Å². The number of amides is 2. The number of hydrogen-bond acceptors (Lipinski definition) is 6. The summed E-state index contributed by atoms with van der Waals surface area (Å²) in [5.74, 6) is -1.82. The number of carbonyl (C=O) groups excluding carboxylic acids is 2. The summed E-state index contributed by atoms with van der Waals surface area (Å²) in [7, 11) is 0. The first kappa shape index (κ1) is 31.1. The number of hydrogen-bond donors (Lipinski definition) is 2. The number of benzene rings is 3. The summed E-state index contributed by atoms with van der Waals surface area (Å²) in [6.45, 7) is -2.26. The van der Waals surface area contributed by atoms with Crippen LogP contribution in [0.15, 0.2) is 72.9 Å². The summed E-state index contributed by atoms with van der Waals surface area (Å²) in [6, 6.07) is 17.2. The van der Waals surface area contributed by atoms with E-state index in [0.29, 0.717) is 0 Å². The molecule has 2 N–H and O–H groups in total. The van der Waals surface area contributed by atoms with E-state index in [1.54, 1.807) is 17.4 Å². The highest BCUT2D eigenvalue weighted by Gasteiger charge is 2.28. The molecular weight excluding hydrogens is 577 g/mol. The summed E-state index contributed by atoms with van der Waals surface area (Å²) in [5, 5.41) is 12.4. The van der Waals surface area contributed by atoms with Crippen LogP contribution in [0.1, 0.15) is 26.4 Å². The topological polar surface area (TPSA) is 107 Å². The Bertz CT molecular complexity index is 1540. The van der Waals surface area contributed by atoms with Gasteiger partial charge in [-0.3, -0.25) is 9.59 Å². The number of nitrogens with one attached hydrogen (secondary N) is 2. The largest absolute Gasteiger partial charge is 0.489 e. The van der Waals surface area contributed by atoms with Crippen LogP contribution in [-0.4, -0.2) is 66.0 Å². The van der Waals surface area contributed by atoms with Gasteiger partial charge < -0.3 is 20.1 Å². The Morgan fingerprint density at radius 2 is 1.67 bits per heavy atom. The summed E-state index contributed by atoms with van der Waals surface area (Å²) in [6.07, 6.45) is -3.28. The second kappa shape index (κ2) is 14.4. The minimum atomic E-state index is -4.59. The van der Waals surface area contributed by atoms with Crippen molar-refractivity contribution in [2.24, 2.45) is 0 Å². The van der Waals surface area contributed by atoms with Gasteiger partial charge in [0.15, 0.2) is 5.69 Å². The Kier molecular flexibility index (Phi) is 10.4. The molecule has 0 atom stereocenters. The number of rotatable bonds is 13. The van der Waals surface area contributed by atoms with E-state index in [-0.39, 0.29) is 54.9 Å². The maximum atomic E-state index is 13.3. The molecule has 0 aliphatic carbocycles. The number of aromatic nitrogens is 3. The van der Waals surface area contributed by atoms with E-state index < -0.39 is 31.2 Å². The fourth-order valence-electron chi connectivity index (χ4n) is 3.87. The first-order valence-electron chi connectivity index (χ1n) is 12.9. The third kappa shape index (κ3) is 9.07. The van der Waals surface area contributed by atoms with E-state index >= 15 is 0 Å². The van der Waals surface area contributed by atoms with E-state index in [1.807, 2.05) is 24.3 Å². The molecule has 1 heterocycles. The van der Waals surface area contributed by atoms with Crippen molar-refractivity contribution in [3.05, 3.63) is 95.6 Å². The maximum absolute atomic E-state index is 13.3. The van der Waals surface area contributed by atoms with Crippen LogP contribution in [-0.2, 0) is 11.3 Å². The summed E-state index contributed by atoms with van der Waals surface area (Å²) < 4.78 is 75.1. The average molecular weight is 604 g/mol. The molecule has 0 aliphatic heterocycles. The van der Waals surface area contributed by atoms with Crippen molar-refractivity contribution in [1.29, 1.82) is 0 Å².